The van der Waals surface area contributed by atoms with Gasteiger partial charge in [-0.05, 0) is 38.5 Å². The Bertz CT molecular complexity index is 799. The molecular weight excluding hydrogens is 340 g/mol. The van der Waals surface area contributed by atoms with Gasteiger partial charge in [0.05, 0.1) is 5.56 Å². The molecule has 2 rings (SSSR count). The molecule has 2 amide bonds. The number of esters is 1. The molecule has 6 nitrogen and oxygen atoms in total. The first kappa shape index (κ1) is 18.7. The smallest absolute Gasteiger partial charge is 0.342 e. The van der Waals surface area contributed by atoms with Crippen molar-refractivity contribution in [2.75, 3.05) is 10.6 Å². The number of carbonyl (C=O) groups is 3. The molecule has 1 aromatic heterocycles. The molecule has 25 heavy (non-hydrogen) atoms. The van der Waals surface area contributed by atoms with Gasteiger partial charge in [0, 0.05) is 17.5 Å². The fourth-order valence-corrected chi connectivity index (χ4v) is 3.25. The number of hydrogen-bond acceptors (Lipinski definition) is 5. The molecule has 0 saturated heterocycles. The van der Waals surface area contributed by atoms with Crippen molar-refractivity contribution in [1.29, 1.82) is 0 Å². The lowest BCUT2D eigenvalue weighted by Gasteiger charge is -2.14. The maximum Gasteiger partial charge on any atom is 0.342 e. The number of ether oxygens (including phenoxy) is 1. The van der Waals surface area contributed by atoms with Crippen molar-refractivity contribution in [2.24, 2.45) is 0 Å². The average molecular weight is 360 g/mol. The van der Waals surface area contributed by atoms with Crippen LogP contribution in [0.2, 0.25) is 0 Å². The van der Waals surface area contributed by atoms with Crippen molar-refractivity contribution in [2.45, 2.75) is 33.8 Å². The maximum absolute atomic E-state index is 12.5. The van der Waals surface area contributed by atoms with Crippen LogP contribution >= 0.6 is 11.3 Å². The van der Waals surface area contributed by atoms with Gasteiger partial charge in [0.2, 0.25) is 5.91 Å². The molecule has 0 aliphatic rings. The van der Waals surface area contributed by atoms with Gasteiger partial charge in [0.15, 0.2) is 6.10 Å². The first-order valence-corrected chi connectivity index (χ1v) is 8.55. The summed E-state index contributed by atoms with van der Waals surface area (Å²) in [6, 6.07) is 8.92. The van der Waals surface area contributed by atoms with Crippen molar-refractivity contribution < 1.29 is 19.1 Å². The third-order valence-corrected chi connectivity index (χ3v) is 4.70. The van der Waals surface area contributed by atoms with Crippen molar-refractivity contribution in [1.82, 2.24) is 0 Å². The van der Waals surface area contributed by atoms with Gasteiger partial charge in [-0.3, -0.25) is 9.59 Å². The molecule has 0 aliphatic heterocycles. The molecule has 1 atom stereocenters. The molecule has 2 aromatic rings. The Morgan fingerprint density at radius 2 is 1.72 bits per heavy atom. The van der Waals surface area contributed by atoms with E-state index in [2.05, 4.69) is 10.6 Å². The summed E-state index contributed by atoms with van der Waals surface area (Å²) in [6.45, 7) is 6.51. The predicted molar refractivity (Wildman–Crippen MR) is 98.0 cm³/mol. The molecule has 0 fully saturated rings. The molecule has 0 aliphatic carbocycles. The van der Waals surface area contributed by atoms with Gasteiger partial charge < -0.3 is 15.4 Å². The number of anilines is 2. The molecular formula is C18H20N2O4S. The lowest BCUT2D eigenvalue weighted by molar-refractivity contribution is -0.123. The van der Waals surface area contributed by atoms with E-state index >= 15 is 0 Å². The zero-order valence-corrected chi connectivity index (χ0v) is 15.3. The maximum atomic E-state index is 12.5. The molecule has 0 saturated carbocycles. The van der Waals surface area contributed by atoms with Crippen LogP contribution in [-0.2, 0) is 14.3 Å². The van der Waals surface area contributed by atoms with Crippen LogP contribution in [-0.4, -0.2) is 23.9 Å². The number of aryl methyl sites for hydroxylation is 1. The van der Waals surface area contributed by atoms with Crippen LogP contribution in [0.3, 0.4) is 0 Å². The van der Waals surface area contributed by atoms with Crippen LogP contribution in [0.5, 0.6) is 0 Å². The zero-order chi connectivity index (χ0) is 18.6. The zero-order valence-electron chi connectivity index (χ0n) is 14.5. The SMILES string of the molecule is CC(=O)Nc1sc(C)c(C)c1C(=O)O[C@@H](C)C(=O)Nc1ccccc1. The summed E-state index contributed by atoms with van der Waals surface area (Å²) in [7, 11) is 0. The third kappa shape index (κ3) is 4.67. The van der Waals surface area contributed by atoms with Crippen molar-refractivity contribution in [3.8, 4) is 0 Å². The average Bonchev–Trinajstić information content (AvgIpc) is 2.81. The molecule has 0 spiro atoms. The summed E-state index contributed by atoms with van der Waals surface area (Å²) in [4.78, 5) is 36.9. The number of hydrogen-bond donors (Lipinski definition) is 2. The number of rotatable bonds is 5. The summed E-state index contributed by atoms with van der Waals surface area (Å²) < 4.78 is 5.29. The van der Waals surface area contributed by atoms with Gasteiger partial charge in [0.1, 0.15) is 5.00 Å². The lowest BCUT2D eigenvalue weighted by Crippen LogP contribution is -2.30. The van der Waals surface area contributed by atoms with Gasteiger partial charge in [0.25, 0.3) is 5.91 Å². The Morgan fingerprint density at radius 3 is 2.32 bits per heavy atom. The van der Waals surface area contributed by atoms with Crippen LogP contribution in [0.4, 0.5) is 10.7 Å². The van der Waals surface area contributed by atoms with Crippen molar-refractivity contribution in [3.63, 3.8) is 0 Å². The summed E-state index contributed by atoms with van der Waals surface area (Å²) >= 11 is 1.30. The number of benzene rings is 1. The van der Waals surface area contributed by atoms with E-state index in [1.165, 1.54) is 25.2 Å². The largest absolute Gasteiger partial charge is 0.449 e. The Balaban J connectivity index is 2.11. The quantitative estimate of drug-likeness (QED) is 0.799. The summed E-state index contributed by atoms with van der Waals surface area (Å²) in [5, 5.41) is 5.75. The number of carbonyl (C=O) groups excluding carboxylic acids is 3. The van der Waals surface area contributed by atoms with Gasteiger partial charge in [-0.15, -0.1) is 11.3 Å². The Kier molecular flexibility index (Phi) is 5.93. The van der Waals surface area contributed by atoms with Gasteiger partial charge >= 0.3 is 5.97 Å². The van der Waals surface area contributed by atoms with Gasteiger partial charge in [-0.2, -0.15) is 0 Å². The summed E-state index contributed by atoms with van der Waals surface area (Å²) in [6.07, 6.45) is -0.975. The molecule has 0 radical (unpaired) electrons. The topological polar surface area (TPSA) is 84.5 Å². The highest BCUT2D eigenvalue weighted by Gasteiger charge is 2.25. The number of thiophene rings is 1. The van der Waals surface area contributed by atoms with Crippen molar-refractivity contribution >= 4 is 39.8 Å². The molecule has 7 heteroatoms. The third-order valence-electron chi connectivity index (χ3n) is 3.57. The fraction of sp³-hybridized carbons (Fsp3) is 0.278. The van der Waals surface area contributed by atoms with Crippen LogP contribution < -0.4 is 10.6 Å². The summed E-state index contributed by atoms with van der Waals surface area (Å²) in [5.74, 6) is -1.34. The van der Waals surface area contributed by atoms with E-state index in [1.807, 2.05) is 13.0 Å². The Labute approximate surface area is 150 Å². The Hall–Kier alpha value is -2.67. The summed E-state index contributed by atoms with van der Waals surface area (Å²) in [5.41, 5.74) is 1.64. The van der Waals surface area contributed by atoms with Gasteiger partial charge in [-0.25, -0.2) is 4.79 Å². The second-order valence-electron chi connectivity index (χ2n) is 5.57. The molecule has 1 aromatic carbocycles. The van der Waals surface area contributed by atoms with E-state index in [9.17, 15) is 14.4 Å². The van der Waals surface area contributed by atoms with Crippen LogP contribution in [0.15, 0.2) is 30.3 Å². The number of amides is 2. The van der Waals surface area contributed by atoms with E-state index in [-0.39, 0.29) is 11.5 Å². The normalized spacial score (nSPS) is 11.5. The standard InChI is InChI=1S/C18H20N2O4S/c1-10-12(3)25-17(19-13(4)21)15(10)18(23)24-11(2)16(22)20-14-8-6-5-7-9-14/h5-9,11H,1-4H3,(H,19,21)(H,20,22)/t11-/m0/s1. The predicted octanol–water partition coefficient (Wildman–Crippen LogP) is 3.51. The fourth-order valence-electron chi connectivity index (χ4n) is 2.16. The van der Waals surface area contributed by atoms with E-state index in [0.717, 1.165) is 10.4 Å². The minimum Gasteiger partial charge on any atom is -0.449 e. The highest BCUT2D eigenvalue weighted by molar-refractivity contribution is 7.16. The van der Waals surface area contributed by atoms with Crippen molar-refractivity contribution in [3.05, 3.63) is 46.3 Å². The van der Waals surface area contributed by atoms with Crippen LogP contribution in [0.1, 0.15) is 34.6 Å². The van der Waals surface area contributed by atoms with E-state index < -0.39 is 18.0 Å². The molecule has 2 N–H and O–H groups in total. The van der Waals surface area contributed by atoms with Gasteiger partial charge in [-0.1, -0.05) is 18.2 Å². The first-order valence-electron chi connectivity index (χ1n) is 7.74. The molecule has 0 unspecified atom stereocenters. The monoisotopic (exact) mass is 360 g/mol. The first-order chi connectivity index (χ1) is 11.8. The van der Waals surface area contributed by atoms with Crippen LogP contribution in [0.25, 0.3) is 0 Å². The Morgan fingerprint density at radius 1 is 1.08 bits per heavy atom. The second-order valence-corrected chi connectivity index (χ2v) is 6.80. The minimum atomic E-state index is -0.975. The number of para-hydroxylation sites is 1. The molecule has 1 heterocycles. The van der Waals surface area contributed by atoms with E-state index in [1.54, 1.807) is 31.2 Å². The lowest BCUT2D eigenvalue weighted by atomic mass is 10.1. The van der Waals surface area contributed by atoms with Crippen LogP contribution in [0, 0.1) is 13.8 Å². The number of nitrogens with one attached hydrogen (secondary N) is 2. The molecule has 132 valence electrons. The molecule has 0 bridgehead atoms. The van der Waals surface area contributed by atoms with E-state index in [0.29, 0.717) is 10.7 Å². The highest BCUT2D eigenvalue weighted by atomic mass is 32.1. The minimum absolute atomic E-state index is 0.273. The second kappa shape index (κ2) is 7.94. The highest BCUT2D eigenvalue weighted by Crippen LogP contribution is 2.33. The van der Waals surface area contributed by atoms with E-state index in [4.69, 9.17) is 4.74 Å².